The molecule has 23 heavy (non-hydrogen) atoms. The summed E-state index contributed by atoms with van der Waals surface area (Å²) in [5.74, 6) is 1.21. The van der Waals surface area contributed by atoms with Gasteiger partial charge in [0.2, 0.25) is 0 Å². The zero-order valence-corrected chi connectivity index (χ0v) is 13.3. The van der Waals surface area contributed by atoms with Crippen LogP contribution in [0.1, 0.15) is 40.6 Å². The van der Waals surface area contributed by atoms with Crippen LogP contribution in [0.3, 0.4) is 0 Å². The molecule has 0 saturated heterocycles. The maximum absolute atomic E-state index is 12.6. The molecule has 1 fully saturated rings. The molecule has 0 unspecified atom stereocenters. The van der Waals surface area contributed by atoms with Gasteiger partial charge in [0.15, 0.2) is 5.76 Å². The van der Waals surface area contributed by atoms with Crippen molar-refractivity contribution < 1.29 is 13.9 Å². The number of furan rings is 1. The van der Waals surface area contributed by atoms with Gasteiger partial charge in [-0.3, -0.25) is 9.48 Å². The Balaban J connectivity index is 1.51. The normalized spacial score (nSPS) is 20.6. The zero-order valence-electron chi connectivity index (χ0n) is 13.3. The summed E-state index contributed by atoms with van der Waals surface area (Å²) in [5, 5.41) is 4.36. The minimum atomic E-state index is -0.0725. The van der Waals surface area contributed by atoms with Crippen molar-refractivity contribution in [2.24, 2.45) is 13.0 Å². The first-order chi connectivity index (χ1) is 11.2. The molecule has 4 rings (SSSR count). The third-order valence-corrected chi connectivity index (χ3v) is 4.64. The van der Waals surface area contributed by atoms with Gasteiger partial charge in [-0.1, -0.05) is 0 Å². The fraction of sp³-hybridized carbons (Fsp3) is 0.529. The van der Waals surface area contributed by atoms with E-state index in [0.29, 0.717) is 25.5 Å². The minimum absolute atomic E-state index is 0.0725. The molecule has 6 heteroatoms. The van der Waals surface area contributed by atoms with E-state index < -0.39 is 0 Å². The van der Waals surface area contributed by atoms with Crippen LogP contribution >= 0.6 is 0 Å². The molecule has 2 aliphatic rings. The average molecular weight is 315 g/mol. The number of rotatable bonds is 5. The number of fused-ring (bicyclic) bond motifs is 1. The van der Waals surface area contributed by atoms with Crippen molar-refractivity contribution >= 4 is 5.91 Å². The first-order valence-corrected chi connectivity index (χ1v) is 8.13. The van der Waals surface area contributed by atoms with E-state index in [1.807, 2.05) is 22.8 Å². The molecule has 0 spiro atoms. The number of amides is 1. The first-order valence-electron chi connectivity index (χ1n) is 8.13. The highest BCUT2D eigenvalue weighted by Crippen LogP contribution is 2.32. The Morgan fingerprint density at radius 2 is 2.30 bits per heavy atom. The molecule has 6 nitrogen and oxygen atoms in total. The van der Waals surface area contributed by atoms with E-state index in [1.54, 1.807) is 12.1 Å². The topological polar surface area (TPSA) is 60.5 Å². The fourth-order valence-corrected chi connectivity index (χ4v) is 3.27. The van der Waals surface area contributed by atoms with E-state index in [4.69, 9.17) is 9.15 Å². The van der Waals surface area contributed by atoms with E-state index in [9.17, 15) is 4.79 Å². The van der Waals surface area contributed by atoms with Crippen molar-refractivity contribution in [1.82, 2.24) is 14.7 Å². The summed E-state index contributed by atoms with van der Waals surface area (Å²) in [6.45, 7) is 2.67. The molecule has 1 atom stereocenters. The van der Waals surface area contributed by atoms with Crippen molar-refractivity contribution in [3.8, 4) is 0 Å². The Bertz CT molecular complexity index is 688. The van der Waals surface area contributed by atoms with E-state index in [2.05, 4.69) is 5.10 Å². The molecule has 0 bridgehead atoms. The van der Waals surface area contributed by atoms with Crippen LogP contribution in [0.4, 0.5) is 0 Å². The Hall–Kier alpha value is -2.08. The Kier molecular flexibility index (Phi) is 3.69. The van der Waals surface area contributed by atoms with Gasteiger partial charge < -0.3 is 14.1 Å². The fourth-order valence-electron chi connectivity index (χ4n) is 3.27. The zero-order chi connectivity index (χ0) is 15.8. The molecule has 1 aliphatic carbocycles. The van der Waals surface area contributed by atoms with Gasteiger partial charge in [-0.25, -0.2) is 0 Å². The van der Waals surface area contributed by atoms with Crippen molar-refractivity contribution in [2.75, 3.05) is 19.8 Å². The molecule has 1 saturated carbocycles. The van der Waals surface area contributed by atoms with Gasteiger partial charge in [0.1, 0.15) is 0 Å². The Morgan fingerprint density at radius 3 is 3.04 bits per heavy atom. The number of carbonyl (C=O) groups is 1. The largest absolute Gasteiger partial charge is 0.459 e. The molecular formula is C17H21N3O3. The second kappa shape index (κ2) is 5.85. The third kappa shape index (κ3) is 2.91. The molecule has 0 N–H and O–H groups in total. The summed E-state index contributed by atoms with van der Waals surface area (Å²) in [5.41, 5.74) is 2.28. The Morgan fingerprint density at radius 1 is 1.43 bits per heavy atom. The number of aryl methyl sites for hydroxylation is 1. The molecule has 2 aromatic rings. The van der Waals surface area contributed by atoms with Crippen molar-refractivity contribution in [3.05, 3.63) is 41.6 Å². The molecule has 2 aromatic heterocycles. The number of ether oxygens (including phenoxy) is 1. The molecular weight excluding hydrogens is 294 g/mol. The monoisotopic (exact) mass is 315 g/mol. The number of hydrogen-bond acceptors (Lipinski definition) is 4. The van der Waals surface area contributed by atoms with Crippen LogP contribution in [0.25, 0.3) is 0 Å². The highest BCUT2D eigenvalue weighted by atomic mass is 16.5. The highest BCUT2D eigenvalue weighted by Gasteiger charge is 2.33. The van der Waals surface area contributed by atoms with Crippen LogP contribution in [0.15, 0.2) is 29.0 Å². The molecule has 1 aliphatic heterocycles. The van der Waals surface area contributed by atoms with Gasteiger partial charge in [0, 0.05) is 38.2 Å². The summed E-state index contributed by atoms with van der Waals surface area (Å²) in [6, 6.07) is 3.45. The maximum atomic E-state index is 12.6. The van der Waals surface area contributed by atoms with Crippen molar-refractivity contribution in [1.29, 1.82) is 0 Å². The van der Waals surface area contributed by atoms with Gasteiger partial charge in [0.05, 0.1) is 24.8 Å². The third-order valence-electron chi connectivity index (χ3n) is 4.64. The lowest BCUT2D eigenvalue weighted by Gasteiger charge is -2.32. The minimum Gasteiger partial charge on any atom is -0.459 e. The van der Waals surface area contributed by atoms with Crippen LogP contribution < -0.4 is 0 Å². The summed E-state index contributed by atoms with van der Waals surface area (Å²) >= 11 is 0. The molecule has 1 amide bonds. The van der Waals surface area contributed by atoms with Gasteiger partial charge in [-0.15, -0.1) is 0 Å². The number of carbonyl (C=O) groups excluding carboxylic acids is 1. The van der Waals surface area contributed by atoms with E-state index in [-0.39, 0.29) is 11.8 Å². The standard InChI is InChI=1S/C17H21N3O3/c1-19-16-13(7-18-19)8-20(17(21)15-3-2-6-23-15)9-14(16)11-22-10-12-4-5-12/h2-3,6-7,12,14H,4-5,8-11H2,1H3/t14-/m1/s1. The number of hydrogen-bond donors (Lipinski definition) is 0. The summed E-state index contributed by atoms with van der Waals surface area (Å²) < 4.78 is 13.1. The average Bonchev–Trinajstić information content (AvgIpc) is 3.07. The number of aromatic nitrogens is 2. The highest BCUT2D eigenvalue weighted by molar-refractivity contribution is 5.91. The second-order valence-electron chi connectivity index (χ2n) is 6.52. The molecule has 3 heterocycles. The molecule has 0 radical (unpaired) electrons. The van der Waals surface area contributed by atoms with Crippen molar-refractivity contribution in [3.63, 3.8) is 0 Å². The smallest absolute Gasteiger partial charge is 0.289 e. The lowest BCUT2D eigenvalue weighted by molar-refractivity contribution is 0.0594. The van der Waals surface area contributed by atoms with Crippen LogP contribution in [0.5, 0.6) is 0 Å². The van der Waals surface area contributed by atoms with E-state index in [1.165, 1.54) is 24.8 Å². The first kappa shape index (κ1) is 14.5. The van der Waals surface area contributed by atoms with Crippen LogP contribution in [0, 0.1) is 5.92 Å². The van der Waals surface area contributed by atoms with Gasteiger partial charge >= 0.3 is 0 Å². The number of nitrogens with zero attached hydrogens (tertiary/aromatic N) is 3. The predicted molar refractivity (Wildman–Crippen MR) is 82.9 cm³/mol. The summed E-state index contributed by atoms with van der Waals surface area (Å²) in [6.07, 6.45) is 5.95. The van der Waals surface area contributed by atoms with Crippen LogP contribution in [-0.4, -0.2) is 40.3 Å². The summed E-state index contributed by atoms with van der Waals surface area (Å²) in [4.78, 5) is 14.4. The molecule has 122 valence electrons. The molecule has 0 aromatic carbocycles. The van der Waals surface area contributed by atoms with E-state index in [0.717, 1.165) is 18.1 Å². The Labute approximate surface area is 135 Å². The van der Waals surface area contributed by atoms with Gasteiger partial charge in [0.25, 0.3) is 5.91 Å². The van der Waals surface area contributed by atoms with Crippen molar-refractivity contribution in [2.45, 2.75) is 25.3 Å². The maximum Gasteiger partial charge on any atom is 0.289 e. The van der Waals surface area contributed by atoms with E-state index >= 15 is 0 Å². The second-order valence-corrected chi connectivity index (χ2v) is 6.52. The van der Waals surface area contributed by atoms with Gasteiger partial charge in [-0.05, 0) is 30.9 Å². The summed E-state index contributed by atoms with van der Waals surface area (Å²) in [7, 11) is 1.96. The lowest BCUT2D eigenvalue weighted by atomic mass is 9.96. The van der Waals surface area contributed by atoms with Gasteiger partial charge in [-0.2, -0.15) is 5.10 Å². The predicted octanol–water partition coefficient (Wildman–Crippen LogP) is 2.18. The van der Waals surface area contributed by atoms with Crippen LogP contribution in [-0.2, 0) is 18.3 Å². The van der Waals surface area contributed by atoms with Crippen LogP contribution in [0.2, 0.25) is 0 Å². The SMILES string of the molecule is Cn1ncc2c1[C@@H](COCC1CC1)CN(C(=O)c1ccco1)C2. The quantitative estimate of drug-likeness (QED) is 0.848. The lowest BCUT2D eigenvalue weighted by Crippen LogP contribution is -2.40.